The minimum atomic E-state index is -4.64. The first-order chi connectivity index (χ1) is 15.7. The standard InChI is InChI=1S/C21H16F5N5O2/c1-11-17-13(18(32)28-7-6-16-27-8-9-31(16)20(22)23)10-15(29-19(17)33-30-11)12-4-2-3-5-14(12)21(24,25)26/h2-5,8-10,20H,6-7H2,1H3,(H,28,32). The number of alkyl halides is 5. The predicted molar refractivity (Wildman–Crippen MR) is 106 cm³/mol. The highest BCUT2D eigenvalue weighted by Crippen LogP contribution is 2.37. The van der Waals surface area contributed by atoms with Crippen molar-refractivity contribution >= 4 is 17.0 Å². The summed E-state index contributed by atoms with van der Waals surface area (Å²) in [7, 11) is 0. The number of rotatable bonds is 6. The summed E-state index contributed by atoms with van der Waals surface area (Å²) in [6, 6.07) is 6.06. The normalized spacial score (nSPS) is 12.0. The molecule has 0 unspecified atom stereocenters. The van der Waals surface area contributed by atoms with Gasteiger partial charge in [-0.25, -0.2) is 9.97 Å². The average molecular weight is 465 g/mol. The molecule has 4 aromatic rings. The van der Waals surface area contributed by atoms with Crippen molar-refractivity contribution in [3.63, 3.8) is 0 Å². The molecule has 3 aromatic heterocycles. The van der Waals surface area contributed by atoms with Crippen LogP contribution in [0.4, 0.5) is 22.0 Å². The third-order valence-electron chi connectivity index (χ3n) is 4.96. The third kappa shape index (κ3) is 4.41. The molecule has 0 atom stereocenters. The maximum Gasteiger partial charge on any atom is 0.417 e. The third-order valence-corrected chi connectivity index (χ3v) is 4.96. The Morgan fingerprint density at radius 2 is 2.00 bits per heavy atom. The van der Waals surface area contributed by atoms with Crippen LogP contribution in [-0.2, 0) is 12.6 Å². The van der Waals surface area contributed by atoms with Crippen LogP contribution in [0.15, 0.2) is 47.2 Å². The molecule has 1 amide bonds. The van der Waals surface area contributed by atoms with Gasteiger partial charge in [-0.05, 0) is 19.1 Å². The highest BCUT2D eigenvalue weighted by atomic mass is 19.4. The summed E-state index contributed by atoms with van der Waals surface area (Å²) < 4.78 is 72.2. The van der Waals surface area contributed by atoms with Gasteiger partial charge >= 0.3 is 12.7 Å². The molecule has 1 N–H and O–H groups in total. The predicted octanol–water partition coefficient (Wildman–Crippen LogP) is 4.78. The molecule has 0 radical (unpaired) electrons. The molecule has 0 spiro atoms. The zero-order chi connectivity index (χ0) is 23.8. The molecule has 0 saturated heterocycles. The van der Waals surface area contributed by atoms with Gasteiger partial charge in [-0.2, -0.15) is 22.0 Å². The van der Waals surface area contributed by atoms with Crippen molar-refractivity contribution in [1.82, 2.24) is 25.0 Å². The summed E-state index contributed by atoms with van der Waals surface area (Å²) in [5.41, 5.74) is -1.04. The van der Waals surface area contributed by atoms with Crippen LogP contribution in [0.1, 0.15) is 34.0 Å². The lowest BCUT2D eigenvalue weighted by atomic mass is 10.0. The topological polar surface area (TPSA) is 85.8 Å². The van der Waals surface area contributed by atoms with E-state index < -0.39 is 24.2 Å². The Hall–Kier alpha value is -3.83. The van der Waals surface area contributed by atoms with Gasteiger partial charge < -0.3 is 9.84 Å². The lowest BCUT2D eigenvalue weighted by Gasteiger charge is -2.13. The van der Waals surface area contributed by atoms with Crippen molar-refractivity contribution in [2.75, 3.05) is 6.54 Å². The molecule has 3 heterocycles. The number of fused-ring (bicyclic) bond motifs is 1. The average Bonchev–Trinajstić information content (AvgIpc) is 3.39. The summed E-state index contributed by atoms with van der Waals surface area (Å²) in [6.45, 7) is -1.24. The number of carbonyl (C=O) groups is 1. The molecule has 7 nitrogen and oxygen atoms in total. The molecular formula is C21H16F5N5O2. The van der Waals surface area contributed by atoms with Gasteiger partial charge in [0.25, 0.3) is 11.6 Å². The minimum absolute atomic E-state index is 0.00271. The van der Waals surface area contributed by atoms with E-state index in [9.17, 15) is 26.7 Å². The number of carbonyl (C=O) groups excluding carboxylic acids is 1. The summed E-state index contributed by atoms with van der Waals surface area (Å²) >= 11 is 0. The highest BCUT2D eigenvalue weighted by molar-refractivity contribution is 6.07. The Labute approximate surface area is 183 Å². The minimum Gasteiger partial charge on any atom is -0.352 e. The van der Waals surface area contributed by atoms with Crippen molar-refractivity contribution in [3.05, 3.63) is 65.4 Å². The van der Waals surface area contributed by atoms with E-state index in [4.69, 9.17) is 4.52 Å². The Balaban J connectivity index is 1.67. The Morgan fingerprint density at radius 1 is 1.24 bits per heavy atom. The second-order valence-electron chi connectivity index (χ2n) is 7.08. The number of amides is 1. The van der Waals surface area contributed by atoms with E-state index >= 15 is 0 Å². The molecule has 1 aromatic carbocycles. The second kappa shape index (κ2) is 8.60. The van der Waals surface area contributed by atoms with Gasteiger partial charge in [0.15, 0.2) is 0 Å². The molecule has 12 heteroatoms. The quantitative estimate of drug-likeness (QED) is 0.414. The maximum atomic E-state index is 13.5. The summed E-state index contributed by atoms with van der Waals surface area (Å²) in [4.78, 5) is 20.9. The van der Waals surface area contributed by atoms with Crippen LogP contribution in [0.2, 0.25) is 0 Å². The molecule has 33 heavy (non-hydrogen) atoms. The fourth-order valence-electron chi connectivity index (χ4n) is 3.46. The highest BCUT2D eigenvalue weighted by Gasteiger charge is 2.34. The number of hydrogen-bond donors (Lipinski definition) is 1. The van der Waals surface area contributed by atoms with E-state index in [-0.39, 0.29) is 46.7 Å². The lowest BCUT2D eigenvalue weighted by Crippen LogP contribution is -2.27. The maximum absolute atomic E-state index is 13.5. The Morgan fingerprint density at radius 3 is 2.73 bits per heavy atom. The second-order valence-corrected chi connectivity index (χ2v) is 7.08. The number of aromatic nitrogens is 4. The summed E-state index contributed by atoms with van der Waals surface area (Å²) in [5, 5.41) is 6.58. The van der Waals surface area contributed by atoms with Crippen molar-refractivity contribution in [3.8, 4) is 11.3 Å². The van der Waals surface area contributed by atoms with Gasteiger partial charge in [0.2, 0.25) is 0 Å². The van der Waals surface area contributed by atoms with Crippen molar-refractivity contribution < 1.29 is 31.3 Å². The van der Waals surface area contributed by atoms with Crippen molar-refractivity contribution in [2.24, 2.45) is 0 Å². The first-order valence-electron chi connectivity index (χ1n) is 9.68. The van der Waals surface area contributed by atoms with E-state index in [1.807, 2.05) is 0 Å². The van der Waals surface area contributed by atoms with Gasteiger partial charge in [0.05, 0.1) is 27.9 Å². The zero-order valence-electron chi connectivity index (χ0n) is 17.0. The molecule has 0 saturated carbocycles. The van der Waals surface area contributed by atoms with E-state index in [0.29, 0.717) is 10.3 Å². The number of hydrogen-bond acceptors (Lipinski definition) is 5. The van der Waals surface area contributed by atoms with Crippen LogP contribution >= 0.6 is 0 Å². The van der Waals surface area contributed by atoms with Gasteiger partial charge in [0, 0.05) is 30.9 Å². The first kappa shape index (κ1) is 22.4. The van der Waals surface area contributed by atoms with E-state index in [0.717, 1.165) is 12.3 Å². The number of benzene rings is 1. The number of aryl methyl sites for hydroxylation is 1. The lowest BCUT2D eigenvalue weighted by molar-refractivity contribution is -0.137. The van der Waals surface area contributed by atoms with Crippen LogP contribution < -0.4 is 5.32 Å². The first-order valence-corrected chi connectivity index (χ1v) is 9.68. The van der Waals surface area contributed by atoms with E-state index in [2.05, 4.69) is 20.4 Å². The molecule has 172 valence electrons. The number of halogens is 5. The fraction of sp³-hybridized carbons (Fsp3) is 0.238. The van der Waals surface area contributed by atoms with Crippen LogP contribution in [0.5, 0.6) is 0 Å². The number of imidazole rings is 1. The van der Waals surface area contributed by atoms with E-state index in [1.165, 1.54) is 30.5 Å². The van der Waals surface area contributed by atoms with Crippen LogP contribution in [0, 0.1) is 6.92 Å². The smallest absolute Gasteiger partial charge is 0.352 e. The summed E-state index contributed by atoms with van der Waals surface area (Å²) in [6.07, 6.45) is -2.27. The van der Waals surface area contributed by atoms with Crippen molar-refractivity contribution in [2.45, 2.75) is 26.1 Å². The molecule has 0 bridgehead atoms. The largest absolute Gasteiger partial charge is 0.417 e. The van der Waals surface area contributed by atoms with Gasteiger partial charge in [-0.1, -0.05) is 23.4 Å². The number of nitrogens with zero attached hydrogens (tertiary/aromatic N) is 4. The molecule has 0 aliphatic carbocycles. The SMILES string of the molecule is Cc1noc2nc(-c3ccccc3C(F)(F)F)cc(C(=O)NCCc3nccn3C(F)F)c12. The fourth-order valence-corrected chi connectivity index (χ4v) is 3.46. The summed E-state index contributed by atoms with van der Waals surface area (Å²) in [5.74, 6) is -0.569. The van der Waals surface area contributed by atoms with Crippen LogP contribution in [0.3, 0.4) is 0 Å². The monoisotopic (exact) mass is 465 g/mol. The van der Waals surface area contributed by atoms with Gasteiger partial charge in [0.1, 0.15) is 5.82 Å². The Kier molecular flexibility index (Phi) is 5.83. The number of pyridine rings is 1. The van der Waals surface area contributed by atoms with Crippen LogP contribution in [-0.4, -0.2) is 32.1 Å². The molecule has 0 aliphatic rings. The van der Waals surface area contributed by atoms with Gasteiger partial charge in [-0.3, -0.25) is 9.36 Å². The molecule has 0 aliphatic heterocycles. The Bertz CT molecular complexity index is 1310. The number of nitrogens with one attached hydrogen (secondary N) is 1. The molecular weight excluding hydrogens is 449 g/mol. The molecule has 0 fully saturated rings. The molecule has 4 rings (SSSR count). The zero-order valence-corrected chi connectivity index (χ0v) is 17.0. The van der Waals surface area contributed by atoms with Crippen LogP contribution in [0.25, 0.3) is 22.4 Å². The van der Waals surface area contributed by atoms with Crippen molar-refractivity contribution in [1.29, 1.82) is 0 Å². The van der Waals surface area contributed by atoms with Gasteiger partial charge in [-0.15, -0.1) is 0 Å². The van der Waals surface area contributed by atoms with E-state index in [1.54, 1.807) is 6.92 Å².